The maximum absolute atomic E-state index is 5.77. The fourth-order valence-corrected chi connectivity index (χ4v) is 1.59. The number of hydrogen-bond acceptors (Lipinski definition) is 3. The second-order valence-corrected chi connectivity index (χ2v) is 3.99. The zero-order valence-corrected chi connectivity index (χ0v) is 10.2. The van der Waals surface area contributed by atoms with E-state index < -0.39 is 0 Å². The first kappa shape index (κ1) is 11.9. The van der Waals surface area contributed by atoms with E-state index in [0.717, 1.165) is 17.9 Å². The number of ether oxygens (including phenoxy) is 1. The van der Waals surface area contributed by atoms with Gasteiger partial charge in [-0.3, -0.25) is 0 Å². The Morgan fingerprint density at radius 3 is 2.76 bits per heavy atom. The highest BCUT2D eigenvalue weighted by Crippen LogP contribution is 2.24. The van der Waals surface area contributed by atoms with Gasteiger partial charge in [-0.05, 0) is 19.2 Å². The van der Waals surface area contributed by atoms with Gasteiger partial charge in [0.25, 0.3) is 0 Å². The van der Waals surface area contributed by atoms with Crippen LogP contribution in [-0.4, -0.2) is 12.0 Å². The first-order valence-corrected chi connectivity index (χ1v) is 5.69. The average molecular weight is 249 g/mol. The van der Waals surface area contributed by atoms with Crippen LogP contribution in [0.4, 0.5) is 0 Å². The summed E-state index contributed by atoms with van der Waals surface area (Å²) >= 11 is 5.77. The molecule has 0 saturated carbocycles. The fraction of sp³-hybridized carbons (Fsp3) is 0.154. The van der Waals surface area contributed by atoms with Crippen molar-refractivity contribution < 1.29 is 4.74 Å². The minimum absolute atomic E-state index is 0.540. The lowest BCUT2D eigenvalue weighted by Gasteiger charge is -2.09. The summed E-state index contributed by atoms with van der Waals surface area (Å²) < 4.78 is 5.71. The van der Waals surface area contributed by atoms with Crippen molar-refractivity contribution in [3.63, 3.8) is 0 Å². The van der Waals surface area contributed by atoms with Crippen molar-refractivity contribution in [3.05, 3.63) is 53.2 Å². The number of rotatable bonds is 4. The molecule has 0 radical (unpaired) electrons. The zero-order chi connectivity index (χ0) is 12.1. The Kier molecular flexibility index (Phi) is 3.96. The number of halogens is 1. The Balaban J connectivity index is 2.20. The van der Waals surface area contributed by atoms with Crippen LogP contribution in [0.2, 0.25) is 5.02 Å². The molecule has 2 aromatic rings. The summed E-state index contributed by atoms with van der Waals surface area (Å²) in [4.78, 5) is 4.10. The van der Waals surface area contributed by atoms with Crippen LogP contribution in [0.5, 0.6) is 11.6 Å². The molecule has 2 rings (SSSR count). The van der Waals surface area contributed by atoms with Crippen LogP contribution in [0.15, 0.2) is 42.6 Å². The Morgan fingerprint density at radius 2 is 2.06 bits per heavy atom. The summed E-state index contributed by atoms with van der Waals surface area (Å²) in [5.41, 5.74) is 1.09. The predicted octanol–water partition coefficient (Wildman–Crippen LogP) is 3.25. The predicted molar refractivity (Wildman–Crippen MR) is 68.5 cm³/mol. The van der Waals surface area contributed by atoms with Gasteiger partial charge in [-0.1, -0.05) is 29.8 Å². The number of benzene rings is 1. The van der Waals surface area contributed by atoms with Gasteiger partial charge in [0.1, 0.15) is 5.75 Å². The smallest absolute Gasteiger partial charge is 0.219 e. The van der Waals surface area contributed by atoms with Crippen molar-refractivity contribution in [1.29, 1.82) is 0 Å². The normalized spacial score (nSPS) is 10.2. The summed E-state index contributed by atoms with van der Waals surface area (Å²) in [5.74, 6) is 1.34. The van der Waals surface area contributed by atoms with Gasteiger partial charge in [-0.15, -0.1) is 0 Å². The topological polar surface area (TPSA) is 34.1 Å². The van der Waals surface area contributed by atoms with E-state index in [9.17, 15) is 0 Å². The molecule has 1 N–H and O–H groups in total. The van der Waals surface area contributed by atoms with Gasteiger partial charge in [0, 0.05) is 24.4 Å². The van der Waals surface area contributed by atoms with Gasteiger partial charge in [0.15, 0.2) is 0 Å². The second kappa shape index (κ2) is 5.66. The van der Waals surface area contributed by atoms with Crippen molar-refractivity contribution in [2.45, 2.75) is 6.54 Å². The molecule has 0 bridgehead atoms. The molecule has 88 valence electrons. The van der Waals surface area contributed by atoms with E-state index in [-0.39, 0.29) is 0 Å². The van der Waals surface area contributed by atoms with Crippen LogP contribution in [0, 0.1) is 0 Å². The molecule has 0 unspecified atom stereocenters. The number of nitrogens with one attached hydrogen (secondary N) is 1. The second-order valence-electron chi connectivity index (χ2n) is 3.55. The number of para-hydroxylation sites is 1. The van der Waals surface area contributed by atoms with Crippen LogP contribution in [0.1, 0.15) is 5.56 Å². The lowest BCUT2D eigenvalue weighted by Crippen LogP contribution is -2.06. The van der Waals surface area contributed by atoms with Gasteiger partial charge in [-0.2, -0.15) is 0 Å². The molecule has 0 amide bonds. The molecule has 4 heteroatoms. The monoisotopic (exact) mass is 248 g/mol. The summed E-state index contributed by atoms with van der Waals surface area (Å²) in [7, 11) is 1.90. The van der Waals surface area contributed by atoms with Crippen LogP contribution >= 0.6 is 11.6 Å². The molecule has 0 spiro atoms. The van der Waals surface area contributed by atoms with Crippen molar-refractivity contribution in [2.24, 2.45) is 0 Å². The fourth-order valence-electron chi connectivity index (χ4n) is 1.48. The van der Waals surface area contributed by atoms with Crippen molar-refractivity contribution in [3.8, 4) is 11.6 Å². The summed E-state index contributed by atoms with van der Waals surface area (Å²) in [6.07, 6.45) is 1.57. The first-order chi connectivity index (χ1) is 8.29. The highest BCUT2D eigenvalue weighted by atomic mass is 35.5. The molecule has 1 aromatic carbocycles. The molecule has 1 aromatic heterocycles. The Bertz CT molecular complexity index is 485. The van der Waals surface area contributed by atoms with Gasteiger partial charge in [-0.25, -0.2) is 4.98 Å². The summed E-state index contributed by atoms with van der Waals surface area (Å²) in [5, 5.41) is 3.70. The van der Waals surface area contributed by atoms with Crippen LogP contribution in [0.3, 0.4) is 0 Å². The summed E-state index contributed by atoms with van der Waals surface area (Å²) in [6, 6.07) is 11.4. The molecular formula is C13H13ClN2O. The quantitative estimate of drug-likeness (QED) is 0.902. The van der Waals surface area contributed by atoms with Gasteiger partial charge >= 0.3 is 0 Å². The molecule has 0 aliphatic carbocycles. The molecule has 0 aliphatic heterocycles. The SMILES string of the molecule is CNCc1ccccc1Oc1ccc(Cl)cn1. The van der Waals surface area contributed by atoms with Crippen LogP contribution in [0.25, 0.3) is 0 Å². The third-order valence-corrected chi connectivity index (χ3v) is 2.48. The van der Waals surface area contributed by atoms with E-state index in [1.807, 2.05) is 31.3 Å². The largest absolute Gasteiger partial charge is 0.439 e. The van der Waals surface area contributed by atoms with E-state index in [1.165, 1.54) is 0 Å². The van der Waals surface area contributed by atoms with Crippen molar-refractivity contribution in [1.82, 2.24) is 10.3 Å². The van der Waals surface area contributed by atoms with E-state index in [4.69, 9.17) is 16.3 Å². The Labute approximate surface area is 105 Å². The molecular weight excluding hydrogens is 236 g/mol. The van der Waals surface area contributed by atoms with E-state index in [2.05, 4.69) is 10.3 Å². The minimum atomic E-state index is 0.540. The number of pyridine rings is 1. The van der Waals surface area contributed by atoms with E-state index >= 15 is 0 Å². The summed E-state index contributed by atoms with van der Waals surface area (Å²) in [6.45, 7) is 0.754. The van der Waals surface area contributed by atoms with Crippen molar-refractivity contribution >= 4 is 11.6 Å². The maximum Gasteiger partial charge on any atom is 0.219 e. The van der Waals surface area contributed by atoms with Gasteiger partial charge in [0.05, 0.1) is 5.02 Å². The number of aromatic nitrogens is 1. The Morgan fingerprint density at radius 1 is 1.24 bits per heavy atom. The lowest BCUT2D eigenvalue weighted by molar-refractivity contribution is 0.455. The third kappa shape index (κ3) is 3.19. The number of hydrogen-bond donors (Lipinski definition) is 1. The van der Waals surface area contributed by atoms with Crippen molar-refractivity contribution in [2.75, 3.05) is 7.05 Å². The number of nitrogens with zero attached hydrogens (tertiary/aromatic N) is 1. The molecule has 0 saturated heterocycles. The van der Waals surface area contributed by atoms with Crippen LogP contribution < -0.4 is 10.1 Å². The highest BCUT2D eigenvalue weighted by molar-refractivity contribution is 6.30. The molecule has 0 fully saturated rings. The highest BCUT2D eigenvalue weighted by Gasteiger charge is 2.04. The average Bonchev–Trinajstić information content (AvgIpc) is 2.35. The maximum atomic E-state index is 5.77. The first-order valence-electron chi connectivity index (χ1n) is 5.31. The van der Waals surface area contributed by atoms with Crippen LogP contribution in [-0.2, 0) is 6.54 Å². The lowest BCUT2D eigenvalue weighted by atomic mass is 10.2. The van der Waals surface area contributed by atoms with E-state index in [0.29, 0.717) is 10.9 Å². The molecule has 0 aliphatic rings. The minimum Gasteiger partial charge on any atom is -0.439 e. The standard InChI is InChI=1S/C13H13ClN2O/c1-15-8-10-4-2-3-5-12(10)17-13-7-6-11(14)9-16-13/h2-7,9,15H,8H2,1H3. The van der Waals surface area contributed by atoms with Gasteiger partial charge < -0.3 is 10.1 Å². The molecule has 0 atom stereocenters. The Hall–Kier alpha value is -1.58. The molecule has 1 heterocycles. The molecule has 17 heavy (non-hydrogen) atoms. The van der Waals surface area contributed by atoms with Gasteiger partial charge in [0.2, 0.25) is 5.88 Å². The van der Waals surface area contributed by atoms with E-state index in [1.54, 1.807) is 18.3 Å². The molecule has 3 nitrogen and oxygen atoms in total. The zero-order valence-electron chi connectivity index (χ0n) is 9.48. The third-order valence-electron chi connectivity index (χ3n) is 2.25.